The molecule has 3 nitrogen and oxygen atoms in total. The average Bonchev–Trinajstić information content (AvgIpc) is 2.45. The van der Waals surface area contributed by atoms with E-state index in [1.165, 1.54) is 25.3 Å². The number of rotatable bonds is 4. The zero-order valence-corrected chi connectivity index (χ0v) is 11.3. The molecule has 0 aliphatic carbocycles. The largest absolute Gasteiger partial charge is 0.573 e. The van der Waals surface area contributed by atoms with Crippen LogP contribution in [0.1, 0.15) is 10.4 Å². The highest BCUT2D eigenvalue weighted by Gasteiger charge is 2.31. The first kappa shape index (κ1) is 15.8. The molecule has 0 saturated heterocycles. The van der Waals surface area contributed by atoms with E-state index in [0.717, 1.165) is 18.2 Å². The van der Waals surface area contributed by atoms with E-state index in [1.807, 2.05) is 0 Å². The highest BCUT2D eigenvalue weighted by molar-refractivity contribution is 5.83. The highest BCUT2D eigenvalue weighted by Crippen LogP contribution is 2.32. The average molecular weight is 314 g/mol. The van der Waals surface area contributed by atoms with Gasteiger partial charge in [-0.05, 0) is 23.8 Å². The number of carbonyl (C=O) groups excluding carboxylic acids is 1. The highest BCUT2D eigenvalue weighted by atomic mass is 19.4. The predicted molar refractivity (Wildman–Crippen MR) is 70.5 cm³/mol. The second kappa shape index (κ2) is 6.05. The first-order chi connectivity index (χ1) is 10.3. The van der Waals surface area contributed by atoms with Crippen LogP contribution >= 0.6 is 0 Å². The molecule has 0 radical (unpaired) electrons. The van der Waals surface area contributed by atoms with Crippen molar-refractivity contribution in [3.05, 3.63) is 47.8 Å². The fourth-order valence-electron chi connectivity index (χ4n) is 1.92. The van der Waals surface area contributed by atoms with Crippen molar-refractivity contribution in [3.8, 4) is 22.6 Å². The molecule has 0 saturated carbocycles. The summed E-state index contributed by atoms with van der Waals surface area (Å²) in [6, 6.07) is 7.03. The van der Waals surface area contributed by atoms with Gasteiger partial charge in [-0.25, -0.2) is 4.39 Å². The number of carbonyl (C=O) groups is 1. The summed E-state index contributed by atoms with van der Waals surface area (Å²) in [4.78, 5) is 11.0. The molecule has 2 aromatic carbocycles. The zero-order valence-electron chi connectivity index (χ0n) is 11.3. The summed E-state index contributed by atoms with van der Waals surface area (Å²) in [6.07, 6.45) is -4.37. The molecule has 0 atom stereocenters. The molecule has 7 heteroatoms. The Morgan fingerprint density at radius 2 is 1.86 bits per heavy atom. The molecule has 0 heterocycles. The van der Waals surface area contributed by atoms with Gasteiger partial charge in [-0.3, -0.25) is 4.79 Å². The Balaban J connectivity index is 2.48. The Morgan fingerprint density at radius 1 is 1.14 bits per heavy atom. The van der Waals surface area contributed by atoms with Crippen LogP contribution in [0.5, 0.6) is 11.5 Å². The topological polar surface area (TPSA) is 35.5 Å². The van der Waals surface area contributed by atoms with Gasteiger partial charge in [0.1, 0.15) is 17.3 Å². The third-order valence-corrected chi connectivity index (χ3v) is 2.82. The number of hydrogen-bond acceptors (Lipinski definition) is 3. The monoisotopic (exact) mass is 314 g/mol. The van der Waals surface area contributed by atoms with Crippen LogP contribution in [0.25, 0.3) is 11.1 Å². The molecule has 0 amide bonds. The summed E-state index contributed by atoms with van der Waals surface area (Å²) in [6.45, 7) is 0. The molecule has 0 fully saturated rings. The Labute approximate surface area is 123 Å². The molecular weight excluding hydrogens is 304 g/mol. The second-order valence-electron chi connectivity index (χ2n) is 4.27. The van der Waals surface area contributed by atoms with Gasteiger partial charge in [0.25, 0.3) is 0 Å². The number of methoxy groups -OCH3 is 1. The van der Waals surface area contributed by atoms with Crippen LogP contribution in [0.15, 0.2) is 36.4 Å². The summed E-state index contributed by atoms with van der Waals surface area (Å²) < 4.78 is 59.3. The molecular formula is C15H10F4O3. The molecule has 0 spiro atoms. The second-order valence-corrected chi connectivity index (χ2v) is 4.27. The van der Waals surface area contributed by atoms with Gasteiger partial charge in [0.05, 0.1) is 12.7 Å². The van der Waals surface area contributed by atoms with E-state index < -0.39 is 17.9 Å². The molecule has 0 unspecified atom stereocenters. The predicted octanol–water partition coefficient (Wildman–Crippen LogP) is 4.21. The number of hydrogen-bond donors (Lipinski definition) is 0. The SMILES string of the molecule is COc1cc(F)c(-c2cccc(OC(F)(F)F)c2)cc1C=O. The van der Waals surface area contributed by atoms with E-state index >= 15 is 0 Å². The van der Waals surface area contributed by atoms with Gasteiger partial charge in [0.15, 0.2) is 6.29 Å². The van der Waals surface area contributed by atoms with Crippen LogP contribution < -0.4 is 9.47 Å². The molecule has 2 aromatic rings. The molecule has 0 bridgehead atoms. The smallest absolute Gasteiger partial charge is 0.496 e. The fraction of sp³-hybridized carbons (Fsp3) is 0.133. The first-order valence-corrected chi connectivity index (χ1v) is 6.03. The van der Waals surface area contributed by atoms with Crippen LogP contribution in [0.3, 0.4) is 0 Å². The van der Waals surface area contributed by atoms with Gasteiger partial charge < -0.3 is 9.47 Å². The van der Waals surface area contributed by atoms with Crippen LogP contribution in [-0.2, 0) is 0 Å². The maximum absolute atomic E-state index is 14.0. The fourth-order valence-corrected chi connectivity index (χ4v) is 1.92. The van der Waals surface area contributed by atoms with Crippen LogP contribution in [-0.4, -0.2) is 19.8 Å². The molecule has 0 aliphatic rings. The maximum Gasteiger partial charge on any atom is 0.573 e. The van der Waals surface area contributed by atoms with Gasteiger partial charge >= 0.3 is 6.36 Å². The van der Waals surface area contributed by atoms with E-state index in [1.54, 1.807) is 0 Å². The van der Waals surface area contributed by atoms with Gasteiger partial charge in [-0.1, -0.05) is 12.1 Å². The van der Waals surface area contributed by atoms with Crippen molar-refractivity contribution in [2.45, 2.75) is 6.36 Å². The Hall–Kier alpha value is -2.57. The molecule has 116 valence electrons. The normalized spacial score (nSPS) is 11.1. The maximum atomic E-state index is 14.0. The number of benzene rings is 2. The lowest BCUT2D eigenvalue weighted by molar-refractivity contribution is -0.274. The summed E-state index contributed by atoms with van der Waals surface area (Å²) in [5.41, 5.74) is 0.196. The third kappa shape index (κ3) is 3.55. The van der Waals surface area contributed by atoms with Gasteiger partial charge in [-0.15, -0.1) is 13.2 Å². The standard InChI is InChI=1S/C15H10F4O3/c1-21-14-7-13(16)12(6-10(14)8-20)9-3-2-4-11(5-9)22-15(17,18)19/h2-8H,1H3. The third-order valence-electron chi connectivity index (χ3n) is 2.82. The number of ether oxygens (including phenoxy) is 2. The lowest BCUT2D eigenvalue weighted by Crippen LogP contribution is -2.17. The van der Waals surface area contributed by atoms with Crippen molar-refractivity contribution >= 4 is 6.29 Å². The van der Waals surface area contributed by atoms with Crippen LogP contribution in [0, 0.1) is 5.82 Å². The molecule has 0 N–H and O–H groups in total. The van der Waals surface area contributed by atoms with Crippen LogP contribution in [0.2, 0.25) is 0 Å². The summed E-state index contributed by atoms with van der Waals surface area (Å²) in [5.74, 6) is -1.17. The number of aldehydes is 1. The van der Waals surface area contributed by atoms with Crippen molar-refractivity contribution in [2.24, 2.45) is 0 Å². The molecule has 2 rings (SSSR count). The minimum Gasteiger partial charge on any atom is -0.496 e. The van der Waals surface area contributed by atoms with E-state index in [0.29, 0.717) is 6.29 Å². The Bertz CT molecular complexity index is 696. The van der Waals surface area contributed by atoms with Gasteiger partial charge in [0, 0.05) is 11.6 Å². The number of alkyl halides is 3. The minimum atomic E-state index is -4.84. The van der Waals surface area contributed by atoms with Crippen LogP contribution in [0.4, 0.5) is 17.6 Å². The summed E-state index contributed by atoms with van der Waals surface area (Å²) in [7, 11) is 1.28. The number of halogens is 4. The van der Waals surface area contributed by atoms with E-state index in [-0.39, 0.29) is 22.4 Å². The Morgan fingerprint density at radius 3 is 2.45 bits per heavy atom. The van der Waals surface area contributed by atoms with E-state index in [4.69, 9.17) is 4.74 Å². The van der Waals surface area contributed by atoms with Crippen molar-refractivity contribution in [2.75, 3.05) is 7.11 Å². The molecule has 0 aromatic heterocycles. The summed E-state index contributed by atoms with van der Waals surface area (Å²) in [5, 5.41) is 0. The van der Waals surface area contributed by atoms with Crippen molar-refractivity contribution in [3.63, 3.8) is 0 Å². The lowest BCUT2D eigenvalue weighted by atomic mass is 10.0. The van der Waals surface area contributed by atoms with Crippen molar-refractivity contribution < 1.29 is 31.8 Å². The summed E-state index contributed by atoms with van der Waals surface area (Å²) >= 11 is 0. The van der Waals surface area contributed by atoms with Gasteiger partial charge in [-0.2, -0.15) is 0 Å². The van der Waals surface area contributed by atoms with E-state index in [2.05, 4.69) is 4.74 Å². The lowest BCUT2D eigenvalue weighted by Gasteiger charge is -2.12. The van der Waals surface area contributed by atoms with E-state index in [9.17, 15) is 22.4 Å². The zero-order chi connectivity index (χ0) is 16.3. The Kier molecular flexibility index (Phi) is 4.35. The van der Waals surface area contributed by atoms with Crippen molar-refractivity contribution in [1.82, 2.24) is 0 Å². The minimum absolute atomic E-state index is 0.0319. The quantitative estimate of drug-likeness (QED) is 0.626. The van der Waals surface area contributed by atoms with Crippen molar-refractivity contribution in [1.29, 1.82) is 0 Å². The molecule has 22 heavy (non-hydrogen) atoms. The van der Waals surface area contributed by atoms with Gasteiger partial charge in [0.2, 0.25) is 0 Å². The first-order valence-electron chi connectivity index (χ1n) is 6.03. The molecule has 0 aliphatic heterocycles.